The van der Waals surface area contributed by atoms with Crippen LogP contribution in [-0.4, -0.2) is 65.3 Å². The Kier molecular flexibility index (Phi) is 7.74. The summed E-state index contributed by atoms with van der Waals surface area (Å²) in [4.78, 5) is 14.1. The predicted molar refractivity (Wildman–Crippen MR) is 108 cm³/mol. The van der Waals surface area contributed by atoms with Crippen molar-refractivity contribution in [1.29, 1.82) is 0 Å². The highest BCUT2D eigenvalue weighted by Crippen LogP contribution is 2.32. The Hall–Kier alpha value is -1.84. The molecule has 9 heteroatoms. The van der Waals surface area contributed by atoms with Crippen LogP contribution in [0.3, 0.4) is 0 Å². The third-order valence-corrected chi connectivity index (χ3v) is 6.57. The maximum absolute atomic E-state index is 12.4. The second-order valence-electron chi connectivity index (χ2n) is 7.42. The van der Waals surface area contributed by atoms with Gasteiger partial charge < -0.3 is 19.1 Å². The molecule has 8 nitrogen and oxygen atoms in total. The Balaban J connectivity index is 1.34. The maximum atomic E-state index is 12.4. The van der Waals surface area contributed by atoms with E-state index in [0.717, 1.165) is 32.3 Å². The topological polar surface area (TPSA) is 94.2 Å². The van der Waals surface area contributed by atoms with Crippen molar-refractivity contribution >= 4 is 15.9 Å². The van der Waals surface area contributed by atoms with E-state index in [1.165, 1.54) is 12.1 Å². The number of likely N-dealkylation sites (N-methyl/N-ethyl adjacent to an activating group) is 1. The minimum atomic E-state index is -3.60. The van der Waals surface area contributed by atoms with E-state index in [2.05, 4.69) is 4.72 Å². The van der Waals surface area contributed by atoms with Gasteiger partial charge in [-0.05, 0) is 37.8 Å². The number of ether oxygens (including phenoxy) is 3. The van der Waals surface area contributed by atoms with Gasteiger partial charge in [-0.2, -0.15) is 0 Å². The Morgan fingerprint density at radius 3 is 2.69 bits per heavy atom. The molecular formula is C20H30N2O6S. The molecule has 1 unspecified atom stereocenters. The second kappa shape index (κ2) is 10.3. The van der Waals surface area contributed by atoms with Gasteiger partial charge in [-0.15, -0.1) is 0 Å². The van der Waals surface area contributed by atoms with Gasteiger partial charge in [-0.3, -0.25) is 4.79 Å². The lowest BCUT2D eigenvalue weighted by molar-refractivity contribution is -0.131. The molecular weight excluding hydrogens is 396 g/mol. The average Bonchev–Trinajstić information content (AvgIpc) is 3.23. The number of benzene rings is 1. The van der Waals surface area contributed by atoms with Crippen molar-refractivity contribution in [2.24, 2.45) is 0 Å². The molecule has 1 amide bonds. The largest absolute Gasteiger partial charge is 0.486 e. The first-order valence-electron chi connectivity index (χ1n) is 10.2. The van der Waals surface area contributed by atoms with Crippen LogP contribution in [0.1, 0.15) is 38.5 Å². The van der Waals surface area contributed by atoms with E-state index in [-0.39, 0.29) is 16.9 Å². The standard InChI is InChI=1S/C20H30N2O6S/c1-22(15-16-6-5-11-26-16)20(23)7-3-2-4-10-21-29(24,25)17-8-9-18-19(14-17)28-13-12-27-18/h8-9,14,16,21H,2-7,10-13,15H2,1H3. The predicted octanol–water partition coefficient (Wildman–Crippen LogP) is 1.93. The van der Waals surface area contributed by atoms with Crippen molar-refractivity contribution < 1.29 is 27.4 Å². The summed E-state index contributed by atoms with van der Waals surface area (Å²) in [7, 11) is -1.79. The Labute approximate surface area is 172 Å². The van der Waals surface area contributed by atoms with E-state index < -0.39 is 10.0 Å². The molecule has 0 radical (unpaired) electrons. The molecule has 2 aliphatic rings. The number of fused-ring (bicyclic) bond motifs is 1. The first kappa shape index (κ1) is 21.9. The van der Waals surface area contributed by atoms with Gasteiger partial charge in [0.1, 0.15) is 13.2 Å². The summed E-state index contributed by atoms with van der Waals surface area (Å²) < 4.78 is 43.9. The van der Waals surface area contributed by atoms with Crippen molar-refractivity contribution in [3.8, 4) is 11.5 Å². The van der Waals surface area contributed by atoms with Gasteiger partial charge >= 0.3 is 0 Å². The van der Waals surface area contributed by atoms with Crippen LogP contribution in [0.2, 0.25) is 0 Å². The van der Waals surface area contributed by atoms with Crippen LogP contribution >= 0.6 is 0 Å². The minimum absolute atomic E-state index is 0.109. The molecule has 29 heavy (non-hydrogen) atoms. The number of hydrogen-bond donors (Lipinski definition) is 1. The van der Waals surface area contributed by atoms with Crippen LogP contribution in [-0.2, 0) is 19.6 Å². The fraction of sp³-hybridized carbons (Fsp3) is 0.650. The van der Waals surface area contributed by atoms with Gasteiger partial charge in [0.05, 0.1) is 11.0 Å². The van der Waals surface area contributed by atoms with Crippen LogP contribution in [0, 0.1) is 0 Å². The van der Waals surface area contributed by atoms with Gasteiger partial charge in [0, 0.05) is 39.2 Å². The molecule has 1 atom stereocenters. The number of hydrogen-bond acceptors (Lipinski definition) is 6. The monoisotopic (exact) mass is 426 g/mol. The van der Waals surface area contributed by atoms with Gasteiger partial charge in [-0.25, -0.2) is 13.1 Å². The van der Waals surface area contributed by atoms with Crippen molar-refractivity contribution in [2.75, 3.05) is 40.0 Å². The first-order valence-corrected chi connectivity index (χ1v) is 11.7. The van der Waals surface area contributed by atoms with Gasteiger partial charge in [0.15, 0.2) is 11.5 Å². The van der Waals surface area contributed by atoms with Crippen molar-refractivity contribution in [1.82, 2.24) is 9.62 Å². The van der Waals surface area contributed by atoms with Crippen LogP contribution < -0.4 is 14.2 Å². The van der Waals surface area contributed by atoms with E-state index in [0.29, 0.717) is 50.6 Å². The highest BCUT2D eigenvalue weighted by molar-refractivity contribution is 7.89. The molecule has 1 fully saturated rings. The van der Waals surface area contributed by atoms with Gasteiger partial charge in [-0.1, -0.05) is 6.42 Å². The summed E-state index contributed by atoms with van der Waals surface area (Å²) in [5, 5.41) is 0. The molecule has 0 aromatic heterocycles. The van der Waals surface area contributed by atoms with Crippen molar-refractivity contribution in [3.63, 3.8) is 0 Å². The molecule has 1 aromatic rings. The summed E-state index contributed by atoms with van der Waals surface area (Å²) >= 11 is 0. The number of nitrogens with zero attached hydrogens (tertiary/aromatic N) is 1. The highest BCUT2D eigenvalue weighted by atomic mass is 32.2. The number of rotatable bonds is 10. The molecule has 2 aliphatic heterocycles. The summed E-state index contributed by atoms with van der Waals surface area (Å²) in [6.45, 7) is 2.63. The van der Waals surface area contributed by atoms with Gasteiger partial charge in [0.2, 0.25) is 15.9 Å². The second-order valence-corrected chi connectivity index (χ2v) is 9.19. The minimum Gasteiger partial charge on any atom is -0.486 e. The van der Waals surface area contributed by atoms with E-state index >= 15 is 0 Å². The number of sulfonamides is 1. The molecule has 1 saturated heterocycles. The number of amides is 1. The Morgan fingerprint density at radius 2 is 1.93 bits per heavy atom. The Morgan fingerprint density at radius 1 is 1.14 bits per heavy atom. The van der Waals surface area contributed by atoms with E-state index in [4.69, 9.17) is 14.2 Å². The number of nitrogens with one attached hydrogen (secondary N) is 1. The zero-order valence-corrected chi connectivity index (χ0v) is 17.7. The number of carbonyl (C=O) groups excluding carboxylic acids is 1. The quantitative estimate of drug-likeness (QED) is 0.575. The summed E-state index contributed by atoms with van der Waals surface area (Å²) in [5.74, 6) is 1.12. The third kappa shape index (κ3) is 6.32. The lowest BCUT2D eigenvalue weighted by atomic mass is 10.1. The molecule has 3 rings (SSSR count). The van der Waals surface area contributed by atoms with Crippen molar-refractivity contribution in [2.45, 2.75) is 49.5 Å². The molecule has 1 N–H and O–H groups in total. The van der Waals surface area contributed by atoms with E-state index in [1.807, 2.05) is 7.05 Å². The molecule has 0 bridgehead atoms. The first-order chi connectivity index (χ1) is 14.0. The maximum Gasteiger partial charge on any atom is 0.240 e. The molecule has 0 aliphatic carbocycles. The summed E-state index contributed by atoms with van der Waals surface area (Å²) in [6, 6.07) is 4.61. The normalized spacial score (nSPS) is 18.6. The molecule has 0 saturated carbocycles. The lowest BCUT2D eigenvalue weighted by Gasteiger charge is -2.20. The molecule has 2 heterocycles. The average molecular weight is 427 g/mol. The Bertz CT molecular complexity index is 792. The SMILES string of the molecule is CN(CC1CCCO1)C(=O)CCCCCNS(=O)(=O)c1ccc2c(c1)OCCO2. The lowest BCUT2D eigenvalue weighted by Crippen LogP contribution is -2.33. The fourth-order valence-electron chi connectivity index (χ4n) is 3.45. The molecule has 162 valence electrons. The molecule has 1 aromatic carbocycles. The number of unbranched alkanes of at least 4 members (excludes halogenated alkanes) is 2. The zero-order chi connectivity index (χ0) is 20.7. The highest BCUT2D eigenvalue weighted by Gasteiger charge is 2.20. The fourth-order valence-corrected chi connectivity index (χ4v) is 4.53. The van der Waals surface area contributed by atoms with Gasteiger partial charge in [0.25, 0.3) is 0 Å². The van der Waals surface area contributed by atoms with Crippen LogP contribution in [0.25, 0.3) is 0 Å². The summed E-state index contributed by atoms with van der Waals surface area (Å²) in [6.07, 6.45) is 4.91. The number of carbonyl (C=O) groups is 1. The van der Waals surface area contributed by atoms with Crippen LogP contribution in [0.15, 0.2) is 23.1 Å². The van der Waals surface area contributed by atoms with Crippen molar-refractivity contribution in [3.05, 3.63) is 18.2 Å². The smallest absolute Gasteiger partial charge is 0.240 e. The zero-order valence-electron chi connectivity index (χ0n) is 16.9. The van der Waals surface area contributed by atoms with Crippen LogP contribution in [0.5, 0.6) is 11.5 Å². The molecule has 0 spiro atoms. The summed E-state index contributed by atoms with van der Waals surface area (Å²) in [5.41, 5.74) is 0. The van der Waals surface area contributed by atoms with Crippen LogP contribution in [0.4, 0.5) is 0 Å². The van der Waals surface area contributed by atoms with E-state index in [1.54, 1.807) is 11.0 Å². The third-order valence-electron chi connectivity index (χ3n) is 5.11. The van der Waals surface area contributed by atoms with E-state index in [9.17, 15) is 13.2 Å².